The molecular formula is C24H18N2O6. The maximum atomic E-state index is 13.0. The summed E-state index contributed by atoms with van der Waals surface area (Å²) in [6.45, 7) is 0. The number of aliphatic hydroxyl groups excluding tert-OH is 1. The minimum absolute atomic E-state index is 0.0992. The number of anilines is 1. The molecule has 3 aromatic carbocycles. The van der Waals surface area contributed by atoms with Crippen LogP contribution in [0.4, 0.5) is 11.4 Å². The standard InChI is InChI=1S/C24H18N2O6/c1-32-19-13-9-15(10-14-19)21-20(22(27)16-7-11-18(12-8-16)26(30)31)23(28)24(29)25(21)17-5-3-2-4-6-17/h2-14,21,27H,1H3/b22-20+. The first-order chi connectivity index (χ1) is 15.4. The van der Waals surface area contributed by atoms with Crippen molar-refractivity contribution in [1.82, 2.24) is 0 Å². The van der Waals surface area contributed by atoms with Crippen molar-refractivity contribution in [3.05, 3.63) is 106 Å². The second kappa shape index (κ2) is 8.35. The molecule has 0 aromatic heterocycles. The molecule has 0 saturated carbocycles. The van der Waals surface area contributed by atoms with Gasteiger partial charge in [0.25, 0.3) is 17.4 Å². The number of nitrogens with zero attached hydrogens (tertiary/aromatic N) is 2. The number of ether oxygens (including phenoxy) is 1. The fraction of sp³-hybridized carbons (Fsp3) is 0.0833. The van der Waals surface area contributed by atoms with E-state index in [2.05, 4.69) is 0 Å². The van der Waals surface area contributed by atoms with Crippen molar-refractivity contribution < 1.29 is 24.4 Å². The number of aliphatic hydroxyl groups is 1. The molecule has 8 heteroatoms. The second-order valence-corrected chi connectivity index (χ2v) is 7.08. The summed E-state index contributed by atoms with van der Waals surface area (Å²) in [5.74, 6) is -1.43. The Morgan fingerprint density at radius 3 is 2.16 bits per heavy atom. The Morgan fingerprint density at radius 1 is 0.969 bits per heavy atom. The lowest BCUT2D eigenvalue weighted by atomic mass is 9.95. The zero-order valence-electron chi connectivity index (χ0n) is 17.0. The minimum Gasteiger partial charge on any atom is -0.507 e. The third-order valence-electron chi connectivity index (χ3n) is 5.26. The minimum atomic E-state index is -0.890. The number of methoxy groups -OCH3 is 1. The number of hydrogen-bond acceptors (Lipinski definition) is 6. The first-order valence-electron chi connectivity index (χ1n) is 9.67. The van der Waals surface area contributed by atoms with E-state index in [1.165, 1.54) is 36.3 Å². The summed E-state index contributed by atoms with van der Waals surface area (Å²) < 4.78 is 5.20. The number of hydrogen-bond donors (Lipinski definition) is 1. The zero-order valence-corrected chi connectivity index (χ0v) is 17.0. The molecule has 3 aromatic rings. The Labute approximate surface area is 183 Å². The van der Waals surface area contributed by atoms with Crippen molar-refractivity contribution in [2.24, 2.45) is 0 Å². The quantitative estimate of drug-likeness (QED) is 0.213. The summed E-state index contributed by atoms with van der Waals surface area (Å²) in [4.78, 5) is 37.8. The summed E-state index contributed by atoms with van der Waals surface area (Å²) in [6, 6.07) is 19.8. The van der Waals surface area contributed by atoms with Crippen LogP contribution in [0.3, 0.4) is 0 Å². The van der Waals surface area contributed by atoms with E-state index in [0.717, 1.165) is 0 Å². The number of Topliss-reactive ketones (excluding diaryl/α,β-unsaturated/α-hetero) is 1. The van der Waals surface area contributed by atoms with Gasteiger partial charge in [0.15, 0.2) is 0 Å². The normalized spacial score (nSPS) is 17.4. The van der Waals surface area contributed by atoms with Crippen molar-refractivity contribution in [2.45, 2.75) is 6.04 Å². The third kappa shape index (κ3) is 3.58. The summed E-state index contributed by atoms with van der Waals surface area (Å²) in [5.41, 5.74) is 1.03. The van der Waals surface area contributed by atoms with Crippen LogP contribution in [0.5, 0.6) is 5.75 Å². The lowest BCUT2D eigenvalue weighted by Crippen LogP contribution is -2.29. The molecule has 4 rings (SSSR count). The molecule has 8 nitrogen and oxygen atoms in total. The Kier molecular flexibility index (Phi) is 5.43. The first-order valence-corrected chi connectivity index (χ1v) is 9.67. The highest BCUT2D eigenvalue weighted by Gasteiger charge is 2.46. The van der Waals surface area contributed by atoms with Gasteiger partial charge < -0.3 is 9.84 Å². The monoisotopic (exact) mass is 430 g/mol. The summed E-state index contributed by atoms with van der Waals surface area (Å²) >= 11 is 0. The number of benzene rings is 3. The average Bonchev–Trinajstić information content (AvgIpc) is 3.09. The SMILES string of the molecule is COc1ccc(C2/C(=C(\O)c3ccc([N+](=O)[O-])cc3)C(=O)C(=O)N2c2ccccc2)cc1. The molecule has 160 valence electrons. The van der Waals surface area contributed by atoms with Gasteiger partial charge in [-0.3, -0.25) is 24.6 Å². The van der Waals surface area contributed by atoms with E-state index in [1.807, 2.05) is 0 Å². The van der Waals surface area contributed by atoms with Crippen molar-refractivity contribution in [3.63, 3.8) is 0 Å². The summed E-state index contributed by atoms with van der Waals surface area (Å²) in [5, 5.41) is 22.0. The van der Waals surface area contributed by atoms with Crippen LogP contribution < -0.4 is 9.64 Å². The smallest absolute Gasteiger partial charge is 0.300 e. The molecule has 32 heavy (non-hydrogen) atoms. The van der Waals surface area contributed by atoms with E-state index in [9.17, 15) is 24.8 Å². The molecular weight excluding hydrogens is 412 g/mol. The van der Waals surface area contributed by atoms with Gasteiger partial charge >= 0.3 is 0 Å². The number of nitro benzene ring substituents is 1. The number of para-hydroxylation sites is 1. The molecule has 0 spiro atoms. The number of non-ortho nitro benzene ring substituents is 1. The van der Waals surface area contributed by atoms with Gasteiger partial charge in [-0.05, 0) is 42.0 Å². The predicted octanol–water partition coefficient (Wildman–Crippen LogP) is 4.23. The molecule has 1 atom stereocenters. The van der Waals surface area contributed by atoms with Crippen LogP contribution in [-0.2, 0) is 9.59 Å². The number of nitro groups is 1. The highest BCUT2D eigenvalue weighted by molar-refractivity contribution is 6.51. The Bertz CT molecular complexity index is 1220. The maximum Gasteiger partial charge on any atom is 0.300 e. The molecule has 1 saturated heterocycles. The van der Waals surface area contributed by atoms with Gasteiger partial charge in [0, 0.05) is 23.4 Å². The molecule has 1 fully saturated rings. The number of carbonyl (C=O) groups excluding carboxylic acids is 2. The van der Waals surface area contributed by atoms with Crippen LogP contribution in [0.1, 0.15) is 17.2 Å². The molecule has 1 amide bonds. The third-order valence-corrected chi connectivity index (χ3v) is 5.26. The van der Waals surface area contributed by atoms with Crippen LogP contribution in [0.15, 0.2) is 84.4 Å². The van der Waals surface area contributed by atoms with Gasteiger partial charge in [0.05, 0.1) is 23.6 Å². The fourth-order valence-corrected chi connectivity index (χ4v) is 3.69. The second-order valence-electron chi connectivity index (χ2n) is 7.08. The molecule has 1 aliphatic heterocycles. The number of rotatable bonds is 5. The Morgan fingerprint density at radius 2 is 1.59 bits per heavy atom. The van der Waals surface area contributed by atoms with Gasteiger partial charge in [0.1, 0.15) is 11.5 Å². The average molecular weight is 430 g/mol. The Hall–Kier alpha value is -4.46. The van der Waals surface area contributed by atoms with Crippen molar-refractivity contribution in [3.8, 4) is 5.75 Å². The molecule has 0 aliphatic carbocycles. The van der Waals surface area contributed by atoms with Crippen LogP contribution in [0, 0.1) is 10.1 Å². The fourth-order valence-electron chi connectivity index (χ4n) is 3.69. The highest BCUT2D eigenvalue weighted by atomic mass is 16.6. The molecule has 0 radical (unpaired) electrons. The van der Waals surface area contributed by atoms with E-state index in [1.54, 1.807) is 54.6 Å². The van der Waals surface area contributed by atoms with E-state index >= 15 is 0 Å². The van der Waals surface area contributed by atoms with Crippen molar-refractivity contribution in [1.29, 1.82) is 0 Å². The molecule has 0 bridgehead atoms. The first kappa shape index (κ1) is 20.8. The van der Waals surface area contributed by atoms with Gasteiger partial charge in [-0.15, -0.1) is 0 Å². The zero-order chi connectivity index (χ0) is 22.8. The largest absolute Gasteiger partial charge is 0.507 e. The van der Waals surface area contributed by atoms with Crippen molar-refractivity contribution in [2.75, 3.05) is 12.0 Å². The van der Waals surface area contributed by atoms with Gasteiger partial charge in [-0.25, -0.2) is 0 Å². The van der Waals surface area contributed by atoms with E-state index in [-0.39, 0.29) is 16.8 Å². The summed E-state index contributed by atoms with van der Waals surface area (Å²) in [7, 11) is 1.53. The highest BCUT2D eigenvalue weighted by Crippen LogP contribution is 2.42. The van der Waals surface area contributed by atoms with Crippen molar-refractivity contribution >= 4 is 28.8 Å². The van der Waals surface area contributed by atoms with Crippen LogP contribution in [-0.4, -0.2) is 28.8 Å². The lowest BCUT2D eigenvalue weighted by Gasteiger charge is -2.25. The van der Waals surface area contributed by atoms with E-state index in [4.69, 9.17) is 4.74 Å². The molecule has 1 aliphatic rings. The predicted molar refractivity (Wildman–Crippen MR) is 117 cm³/mol. The van der Waals surface area contributed by atoms with Crippen LogP contribution in [0.2, 0.25) is 0 Å². The van der Waals surface area contributed by atoms with Gasteiger partial charge in [0.2, 0.25) is 0 Å². The van der Waals surface area contributed by atoms with Gasteiger partial charge in [-0.1, -0.05) is 30.3 Å². The van der Waals surface area contributed by atoms with E-state index < -0.39 is 28.4 Å². The maximum absolute atomic E-state index is 13.0. The Balaban J connectivity index is 1.90. The number of carbonyl (C=O) groups is 2. The molecule has 1 unspecified atom stereocenters. The topological polar surface area (TPSA) is 110 Å². The lowest BCUT2D eigenvalue weighted by molar-refractivity contribution is -0.384. The van der Waals surface area contributed by atoms with E-state index in [0.29, 0.717) is 17.0 Å². The van der Waals surface area contributed by atoms with Crippen LogP contribution >= 0.6 is 0 Å². The van der Waals surface area contributed by atoms with Crippen LogP contribution in [0.25, 0.3) is 5.76 Å². The molecule has 1 heterocycles. The molecule has 1 N–H and O–H groups in total. The number of ketones is 1. The number of amides is 1. The van der Waals surface area contributed by atoms with Gasteiger partial charge in [-0.2, -0.15) is 0 Å². The summed E-state index contributed by atoms with van der Waals surface area (Å²) in [6.07, 6.45) is 0.